The van der Waals surface area contributed by atoms with Crippen molar-refractivity contribution in [1.29, 1.82) is 0 Å². The van der Waals surface area contributed by atoms with Crippen molar-refractivity contribution in [3.63, 3.8) is 0 Å². The number of methoxy groups -OCH3 is 1. The standard InChI is InChI=1S/C19H26O10/c1-9(21)25-15-13(6-7-20)29-19-17(26-10(2)22)16-12(28-18(15)19)5-4-11(27-16)8-14(23)24-3/h7,11-13,15-19H,4-6,8H2,1-3H3/t11-,12+,13-,15+,16+,17+,18+,19+/m1/s1. The number of carbonyl (C=O) groups is 4. The molecule has 10 nitrogen and oxygen atoms in total. The zero-order valence-corrected chi connectivity index (χ0v) is 16.6. The summed E-state index contributed by atoms with van der Waals surface area (Å²) in [5, 5.41) is 0. The van der Waals surface area contributed by atoms with Crippen molar-refractivity contribution >= 4 is 24.2 Å². The van der Waals surface area contributed by atoms with Gasteiger partial charge in [-0.15, -0.1) is 0 Å². The Kier molecular flexibility index (Phi) is 6.86. The molecule has 3 aliphatic rings. The minimum atomic E-state index is -0.827. The zero-order valence-electron chi connectivity index (χ0n) is 16.6. The number of rotatable bonds is 6. The molecule has 3 aliphatic heterocycles. The van der Waals surface area contributed by atoms with Crippen LogP contribution in [0, 0.1) is 0 Å². The fraction of sp³-hybridized carbons (Fsp3) is 0.789. The lowest BCUT2D eigenvalue weighted by Crippen LogP contribution is -2.62. The second-order valence-corrected chi connectivity index (χ2v) is 7.41. The first-order valence-corrected chi connectivity index (χ1v) is 9.65. The molecule has 3 saturated heterocycles. The molecule has 8 atom stereocenters. The highest BCUT2D eigenvalue weighted by atomic mass is 16.7. The first-order valence-electron chi connectivity index (χ1n) is 9.65. The molecular formula is C19H26O10. The normalized spacial score (nSPS) is 38.3. The van der Waals surface area contributed by atoms with Crippen LogP contribution in [-0.4, -0.2) is 80.1 Å². The van der Waals surface area contributed by atoms with E-state index < -0.39 is 66.7 Å². The highest BCUT2D eigenvalue weighted by Gasteiger charge is 2.60. The molecule has 162 valence electrons. The van der Waals surface area contributed by atoms with E-state index in [1.807, 2.05) is 0 Å². The number of aldehydes is 1. The molecule has 0 radical (unpaired) electrons. The van der Waals surface area contributed by atoms with Gasteiger partial charge in [0.05, 0.1) is 25.7 Å². The summed E-state index contributed by atoms with van der Waals surface area (Å²) in [5.41, 5.74) is 0. The number of hydrogen-bond acceptors (Lipinski definition) is 10. The van der Waals surface area contributed by atoms with Crippen molar-refractivity contribution in [2.75, 3.05) is 7.11 Å². The Balaban J connectivity index is 1.83. The maximum Gasteiger partial charge on any atom is 0.308 e. The molecule has 0 aromatic rings. The molecule has 0 spiro atoms. The van der Waals surface area contributed by atoms with E-state index in [0.29, 0.717) is 19.1 Å². The summed E-state index contributed by atoms with van der Waals surface area (Å²) in [6.07, 6.45) is -3.45. The quantitative estimate of drug-likeness (QED) is 0.335. The Hall–Kier alpha value is -2.04. The molecule has 0 N–H and O–H groups in total. The Bertz CT molecular complexity index is 649. The molecule has 0 aromatic heterocycles. The van der Waals surface area contributed by atoms with Gasteiger partial charge in [0, 0.05) is 20.3 Å². The van der Waals surface area contributed by atoms with Crippen LogP contribution in [0.3, 0.4) is 0 Å². The first-order chi connectivity index (χ1) is 13.8. The summed E-state index contributed by atoms with van der Waals surface area (Å²) < 4.78 is 33.7. The van der Waals surface area contributed by atoms with Crippen LogP contribution in [0.25, 0.3) is 0 Å². The lowest BCUT2D eigenvalue weighted by Gasteiger charge is -2.47. The summed E-state index contributed by atoms with van der Waals surface area (Å²) in [7, 11) is 1.30. The smallest absolute Gasteiger partial charge is 0.308 e. The van der Waals surface area contributed by atoms with Crippen LogP contribution >= 0.6 is 0 Å². The molecule has 3 heterocycles. The predicted molar refractivity (Wildman–Crippen MR) is 93.6 cm³/mol. The van der Waals surface area contributed by atoms with Crippen LogP contribution in [-0.2, 0) is 47.6 Å². The van der Waals surface area contributed by atoms with Gasteiger partial charge in [0.2, 0.25) is 0 Å². The molecule has 0 bridgehead atoms. The SMILES string of the molecule is COC(=O)C[C@H]1CC[C@@H]2O[C@@H]3[C@@H](O[C@H](CC=O)[C@@H]3OC(C)=O)[C@@H](OC(C)=O)[C@H]2O1. The van der Waals surface area contributed by atoms with Gasteiger partial charge in [-0.25, -0.2) is 0 Å². The fourth-order valence-corrected chi connectivity index (χ4v) is 4.25. The topological polar surface area (TPSA) is 124 Å². The highest BCUT2D eigenvalue weighted by Crippen LogP contribution is 2.42. The van der Waals surface area contributed by atoms with Gasteiger partial charge in [0.25, 0.3) is 0 Å². The molecular weight excluding hydrogens is 388 g/mol. The third-order valence-corrected chi connectivity index (χ3v) is 5.37. The average Bonchev–Trinajstić information content (AvgIpc) is 2.98. The number of esters is 3. The number of carbonyl (C=O) groups excluding carboxylic acids is 4. The third kappa shape index (κ3) is 4.76. The molecule has 29 heavy (non-hydrogen) atoms. The molecule has 3 fully saturated rings. The van der Waals surface area contributed by atoms with Gasteiger partial charge in [0.1, 0.15) is 30.7 Å². The van der Waals surface area contributed by atoms with Crippen LogP contribution in [0.2, 0.25) is 0 Å². The fourth-order valence-electron chi connectivity index (χ4n) is 4.25. The molecule has 0 saturated carbocycles. The predicted octanol–water partition coefficient (Wildman–Crippen LogP) is 0.0843. The van der Waals surface area contributed by atoms with E-state index in [9.17, 15) is 19.2 Å². The van der Waals surface area contributed by atoms with Gasteiger partial charge in [-0.05, 0) is 12.8 Å². The largest absolute Gasteiger partial charge is 0.469 e. The lowest BCUT2D eigenvalue weighted by molar-refractivity contribution is -0.265. The Morgan fingerprint density at radius 2 is 1.59 bits per heavy atom. The summed E-state index contributed by atoms with van der Waals surface area (Å²) in [6.45, 7) is 2.54. The summed E-state index contributed by atoms with van der Waals surface area (Å²) in [4.78, 5) is 46.0. The van der Waals surface area contributed by atoms with Gasteiger partial charge >= 0.3 is 17.9 Å². The summed E-state index contributed by atoms with van der Waals surface area (Å²) in [5.74, 6) is -1.45. The van der Waals surface area contributed by atoms with Crippen molar-refractivity contribution in [2.45, 2.75) is 88.4 Å². The molecule has 3 rings (SSSR count). The van der Waals surface area contributed by atoms with Crippen LogP contribution in [0.4, 0.5) is 0 Å². The van der Waals surface area contributed by atoms with Gasteiger partial charge in [-0.2, -0.15) is 0 Å². The minimum absolute atomic E-state index is 0.00224. The zero-order chi connectivity index (χ0) is 21.1. The van der Waals surface area contributed by atoms with Crippen molar-refractivity contribution < 1.29 is 47.6 Å². The van der Waals surface area contributed by atoms with E-state index in [0.717, 1.165) is 0 Å². The number of hydrogen-bond donors (Lipinski definition) is 0. The Morgan fingerprint density at radius 3 is 2.21 bits per heavy atom. The van der Waals surface area contributed by atoms with Crippen molar-refractivity contribution in [2.24, 2.45) is 0 Å². The first kappa shape index (κ1) is 21.7. The van der Waals surface area contributed by atoms with E-state index >= 15 is 0 Å². The van der Waals surface area contributed by atoms with Gasteiger partial charge < -0.3 is 33.2 Å². The minimum Gasteiger partial charge on any atom is -0.469 e. The van der Waals surface area contributed by atoms with E-state index in [1.165, 1.54) is 21.0 Å². The Labute approximate surface area is 168 Å². The maximum atomic E-state index is 11.8. The Morgan fingerprint density at radius 1 is 0.931 bits per heavy atom. The van der Waals surface area contributed by atoms with Crippen LogP contribution in [0.1, 0.15) is 39.5 Å². The van der Waals surface area contributed by atoms with Crippen molar-refractivity contribution in [3.05, 3.63) is 0 Å². The molecule has 0 unspecified atom stereocenters. The second-order valence-electron chi connectivity index (χ2n) is 7.41. The van der Waals surface area contributed by atoms with Gasteiger partial charge in [0.15, 0.2) is 12.2 Å². The number of ether oxygens (including phenoxy) is 6. The average molecular weight is 414 g/mol. The van der Waals surface area contributed by atoms with Crippen molar-refractivity contribution in [3.8, 4) is 0 Å². The van der Waals surface area contributed by atoms with E-state index in [-0.39, 0.29) is 12.8 Å². The van der Waals surface area contributed by atoms with Gasteiger partial charge in [-0.3, -0.25) is 14.4 Å². The summed E-state index contributed by atoms with van der Waals surface area (Å²) in [6, 6.07) is 0. The van der Waals surface area contributed by atoms with E-state index in [2.05, 4.69) is 0 Å². The molecule has 10 heteroatoms. The van der Waals surface area contributed by atoms with Crippen LogP contribution in [0.5, 0.6) is 0 Å². The van der Waals surface area contributed by atoms with E-state index in [4.69, 9.17) is 28.4 Å². The monoisotopic (exact) mass is 414 g/mol. The lowest BCUT2D eigenvalue weighted by atomic mass is 9.87. The molecule has 0 amide bonds. The molecule has 0 aromatic carbocycles. The number of fused-ring (bicyclic) bond motifs is 2. The van der Waals surface area contributed by atoms with Crippen LogP contribution in [0.15, 0.2) is 0 Å². The van der Waals surface area contributed by atoms with Crippen LogP contribution < -0.4 is 0 Å². The third-order valence-electron chi connectivity index (χ3n) is 5.37. The second kappa shape index (κ2) is 9.19. The van der Waals surface area contributed by atoms with Crippen molar-refractivity contribution in [1.82, 2.24) is 0 Å². The summed E-state index contributed by atoms with van der Waals surface area (Å²) >= 11 is 0. The molecule has 0 aliphatic carbocycles. The van der Waals surface area contributed by atoms with Gasteiger partial charge in [-0.1, -0.05) is 0 Å². The maximum absolute atomic E-state index is 11.8. The highest BCUT2D eigenvalue weighted by molar-refractivity contribution is 5.69. The van der Waals surface area contributed by atoms with E-state index in [1.54, 1.807) is 0 Å².